The van der Waals surface area contributed by atoms with E-state index < -0.39 is 0 Å². The van der Waals surface area contributed by atoms with Crippen LogP contribution in [0.3, 0.4) is 0 Å². The highest BCUT2D eigenvalue weighted by Gasteiger charge is 2.23. The lowest BCUT2D eigenvalue weighted by Gasteiger charge is -2.25. The van der Waals surface area contributed by atoms with Gasteiger partial charge in [-0.1, -0.05) is 19.9 Å². The molecule has 0 atom stereocenters. The highest BCUT2D eigenvalue weighted by atomic mass is 79.9. The highest BCUT2D eigenvalue weighted by molar-refractivity contribution is 9.10. The molecular weight excluding hydrogens is 288 g/mol. The first-order chi connectivity index (χ1) is 8.53. The predicted molar refractivity (Wildman–Crippen MR) is 80.0 cm³/mol. The summed E-state index contributed by atoms with van der Waals surface area (Å²) in [6.45, 7) is 6.24. The molecule has 0 unspecified atom stereocenters. The van der Waals surface area contributed by atoms with E-state index in [1.807, 2.05) is 0 Å². The zero-order chi connectivity index (χ0) is 12.9. The molecule has 1 aliphatic rings. The highest BCUT2D eigenvalue weighted by Crippen LogP contribution is 2.36. The topological polar surface area (TPSA) is 30.9 Å². The van der Waals surface area contributed by atoms with Gasteiger partial charge in [-0.25, -0.2) is 0 Å². The van der Waals surface area contributed by atoms with Crippen molar-refractivity contribution in [3.05, 3.63) is 33.9 Å². The average molecular weight is 307 g/mol. The Balaban J connectivity index is 2.30. The smallest absolute Gasteiger partial charge is 0.0524 e. The SMILES string of the molecule is CC(C)(CN)c1cc2c3c(c1)c(Br)cn3CCC2. The van der Waals surface area contributed by atoms with E-state index in [-0.39, 0.29) is 5.41 Å². The molecule has 0 aliphatic carbocycles. The zero-order valence-corrected chi connectivity index (χ0v) is 12.5. The molecule has 96 valence electrons. The minimum Gasteiger partial charge on any atom is -0.346 e. The van der Waals surface area contributed by atoms with Gasteiger partial charge in [0.15, 0.2) is 0 Å². The standard InChI is InChI=1S/C15H19BrN2/c1-15(2,9-17)11-6-10-4-3-5-18-8-13(16)12(7-11)14(10)18/h6-8H,3-5,9,17H2,1-2H3. The van der Waals surface area contributed by atoms with Gasteiger partial charge in [0.05, 0.1) is 5.52 Å². The fraction of sp³-hybridized carbons (Fsp3) is 0.467. The van der Waals surface area contributed by atoms with Crippen LogP contribution in [0.5, 0.6) is 0 Å². The van der Waals surface area contributed by atoms with Crippen LogP contribution >= 0.6 is 15.9 Å². The first-order valence-electron chi connectivity index (χ1n) is 6.55. The molecule has 1 aromatic carbocycles. The molecule has 2 N–H and O–H groups in total. The van der Waals surface area contributed by atoms with Crippen LogP contribution in [0.4, 0.5) is 0 Å². The van der Waals surface area contributed by atoms with Crippen LogP contribution in [0.1, 0.15) is 31.4 Å². The fourth-order valence-corrected chi connectivity index (χ4v) is 3.35. The van der Waals surface area contributed by atoms with E-state index in [0.717, 1.165) is 6.54 Å². The fourth-order valence-electron chi connectivity index (χ4n) is 2.80. The maximum atomic E-state index is 5.91. The lowest BCUT2D eigenvalue weighted by molar-refractivity contribution is 0.538. The Morgan fingerprint density at radius 1 is 1.39 bits per heavy atom. The monoisotopic (exact) mass is 306 g/mol. The van der Waals surface area contributed by atoms with Crippen molar-refractivity contribution in [2.45, 2.75) is 38.6 Å². The summed E-state index contributed by atoms with van der Waals surface area (Å²) in [5.74, 6) is 0. The van der Waals surface area contributed by atoms with Crippen molar-refractivity contribution in [2.75, 3.05) is 6.54 Å². The van der Waals surface area contributed by atoms with Crippen LogP contribution in [0.25, 0.3) is 10.9 Å². The number of halogens is 1. The Morgan fingerprint density at radius 2 is 2.17 bits per heavy atom. The molecule has 3 heteroatoms. The summed E-state index contributed by atoms with van der Waals surface area (Å²) in [4.78, 5) is 0. The van der Waals surface area contributed by atoms with Gasteiger partial charge in [-0.3, -0.25) is 0 Å². The van der Waals surface area contributed by atoms with Crippen molar-refractivity contribution in [3.8, 4) is 0 Å². The zero-order valence-electron chi connectivity index (χ0n) is 11.0. The van der Waals surface area contributed by atoms with Crippen molar-refractivity contribution in [3.63, 3.8) is 0 Å². The van der Waals surface area contributed by atoms with Crippen LogP contribution in [0.15, 0.2) is 22.8 Å². The number of rotatable bonds is 2. The number of aromatic nitrogens is 1. The largest absolute Gasteiger partial charge is 0.346 e. The van der Waals surface area contributed by atoms with Gasteiger partial charge in [0.25, 0.3) is 0 Å². The number of hydrogen-bond donors (Lipinski definition) is 1. The van der Waals surface area contributed by atoms with Gasteiger partial charge in [0.1, 0.15) is 0 Å². The number of nitrogens with two attached hydrogens (primary N) is 1. The van der Waals surface area contributed by atoms with Gasteiger partial charge in [0.2, 0.25) is 0 Å². The molecule has 0 saturated heterocycles. The van der Waals surface area contributed by atoms with E-state index in [1.165, 1.54) is 39.3 Å². The lowest BCUT2D eigenvalue weighted by atomic mass is 9.82. The molecule has 0 spiro atoms. The molecule has 0 radical (unpaired) electrons. The molecule has 2 aromatic rings. The van der Waals surface area contributed by atoms with Gasteiger partial charge in [-0.05, 0) is 46.0 Å². The Kier molecular flexibility index (Phi) is 2.79. The first-order valence-corrected chi connectivity index (χ1v) is 7.34. The summed E-state index contributed by atoms with van der Waals surface area (Å²) in [6, 6.07) is 4.66. The third-order valence-corrected chi connectivity index (χ3v) is 4.77. The van der Waals surface area contributed by atoms with Crippen molar-refractivity contribution in [1.82, 2.24) is 4.57 Å². The summed E-state index contributed by atoms with van der Waals surface area (Å²) in [7, 11) is 0. The van der Waals surface area contributed by atoms with Gasteiger partial charge < -0.3 is 10.3 Å². The second-order valence-electron chi connectivity index (χ2n) is 5.89. The Hall–Kier alpha value is -0.800. The summed E-state index contributed by atoms with van der Waals surface area (Å²) >= 11 is 3.69. The number of hydrogen-bond acceptors (Lipinski definition) is 1. The average Bonchev–Trinajstić information content (AvgIpc) is 2.68. The molecule has 1 aliphatic heterocycles. The van der Waals surface area contributed by atoms with E-state index in [0.29, 0.717) is 6.54 Å². The third-order valence-electron chi connectivity index (χ3n) is 4.14. The second-order valence-corrected chi connectivity index (χ2v) is 6.75. The Bertz CT molecular complexity index is 610. The number of aryl methyl sites for hydroxylation is 2. The summed E-state index contributed by atoms with van der Waals surface area (Å²) in [5.41, 5.74) is 10.2. The van der Waals surface area contributed by atoms with E-state index >= 15 is 0 Å². The minimum absolute atomic E-state index is 0.0453. The summed E-state index contributed by atoms with van der Waals surface area (Å²) in [5, 5.41) is 1.34. The summed E-state index contributed by atoms with van der Waals surface area (Å²) < 4.78 is 3.58. The van der Waals surface area contributed by atoms with Crippen molar-refractivity contribution in [2.24, 2.45) is 5.73 Å². The minimum atomic E-state index is 0.0453. The van der Waals surface area contributed by atoms with E-state index in [1.54, 1.807) is 0 Å². The van der Waals surface area contributed by atoms with Crippen molar-refractivity contribution < 1.29 is 0 Å². The molecule has 1 aromatic heterocycles. The van der Waals surface area contributed by atoms with Crippen molar-refractivity contribution >= 4 is 26.8 Å². The lowest BCUT2D eigenvalue weighted by Crippen LogP contribution is -2.28. The van der Waals surface area contributed by atoms with E-state index in [2.05, 4.69) is 52.7 Å². The van der Waals surface area contributed by atoms with E-state index in [4.69, 9.17) is 5.73 Å². The first kappa shape index (κ1) is 12.2. The van der Waals surface area contributed by atoms with Gasteiger partial charge in [-0.15, -0.1) is 0 Å². The molecule has 2 nitrogen and oxygen atoms in total. The molecule has 0 bridgehead atoms. The van der Waals surface area contributed by atoms with Crippen molar-refractivity contribution in [1.29, 1.82) is 0 Å². The van der Waals surface area contributed by atoms with Gasteiger partial charge in [0, 0.05) is 34.6 Å². The van der Waals surface area contributed by atoms with Crippen LogP contribution in [-0.4, -0.2) is 11.1 Å². The molecule has 3 rings (SSSR count). The van der Waals surface area contributed by atoms with Crippen LogP contribution < -0.4 is 5.73 Å². The van der Waals surface area contributed by atoms with Crippen LogP contribution in [0.2, 0.25) is 0 Å². The molecule has 2 heterocycles. The Morgan fingerprint density at radius 3 is 2.89 bits per heavy atom. The maximum Gasteiger partial charge on any atom is 0.0524 e. The normalized spacial score (nSPS) is 15.3. The van der Waals surface area contributed by atoms with Gasteiger partial charge in [-0.2, -0.15) is 0 Å². The molecule has 18 heavy (non-hydrogen) atoms. The predicted octanol–water partition coefficient (Wildman–Crippen LogP) is 3.59. The van der Waals surface area contributed by atoms with Crippen LogP contribution in [-0.2, 0) is 18.4 Å². The Labute approximate surface area is 116 Å². The van der Waals surface area contributed by atoms with Gasteiger partial charge >= 0.3 is 0 Å². The third kappa shape index (κ3) is 1.72. The molecule has 0 amide bonds. The van der Waals surface area contributed by atoms with E-state index in [9.17, 15) is 0 Å². The van der Waals surface area contributed by atoms with Crippen LogP contribution in [0, 0.1) is 0 Å². The molecular formula is C15H19BrN2. The summed E-state index contributed by atoms with van der Waals surface area (Å²) in [6.07, 6.45) is 4.63. The quantitative estimate of drug-likeness (QED) is 0.903. The number of nitrogens with zero attached hydrogens (tertiary/aromatic N) is 1. The second kappa shape index (κ2) is 4.10. The number of benzene rings is 1. The molecule has 0 saturated carbocycles. The maximum absolute atomic E-state index is 5.91. The molecule has 0 fully saturated rings.